The van der Waals surface area contributed by atoms with Crippen molar-refractivity contribution >= 4 is 28.1 Å². The normalized spacial score (nSPS) is 13.3. The van der Waals surface area contributed by atoms with E-state index in [0.29, 0.717) is 5.75 Å². The fourth-order valence-electron chi connectivity index (χ4n) is 1.65. The Morgan fingerprint density at radius 1 is 1.55 bits per heavy atom. The van der Waals surface area contributed by atoms with E-state index in [4.69, 9.17) is 5.84 Å². The maximum absolute atomic E-state index is 11.9. The van der Waals surface area contributed by atoms with Crippen LogP contribution in [0.15, 0.2) is 18.2 Å². The van der Waals surface area contributed by atoms with E-state index in [0.717, 1.165) is 6.07 Å². The van der Waals surface area contributed by atoms with Crippen molar-refractivity contribution in [2.24, 2.45) is 5.84 Å². The standard InChI is InChI=1S/C11H16N4O4S/c1-7(6-20(2)19)13-11(16)8-3-4-9(14-12)10(5-8)15(17)18/h3-5,7,14H,6,12H2,1-2H3,(H,13,16). The Balaban J connectivity index is 2.91. The van der Waals surface area contributed by atoms with E-state index in [2.05, 4.69) is 10.7 Å². The van der Waals surface area contributed by atoms with Gasteiger partial charge in [-0.25, -0.2) is 0 Å². The minimum Gasteiger partial charge on any atom is -0.349 e. The van der Waals surface area contributed by atoms with Crippen LogP contribution in [0.3, 0.4) is 0 Å². The van der Waals surface area contributed by atoms with Gasteiger partial charge in [0.25, 0.3) is 11.6 Å². The van der Waals surface area contributed by atoms with Crippen LogP contribution in [0.1, 0.15) is 17.3 Å². The van der Waals surface area contributed by atoms with Crippen LogP contribution >= 0.6 is 0 Å². The third-order valence-electron chi connectivity index (χ3n) is 2.47. The number of hydrazine groups is 1. The molecular weight excluding hydrogens is 284 g/mol. The molecule has 0 saturated heterocycles. The van der Waals surface area contributed by atoms with Crippen LogP contribution in [-0.2, 0) is 10.8 Å². The molecule has 9 heteroatoms. The third kappa shape index (κ3) is 4.28. The lowest BCUT2D eigenvalue weighted by atomic mass is 10.1. The number of amides is 1. The van der Waals surface area contributed by atoms with Crippen molar-refractivity contribution < 1.29 is 13.9 Å². The highest BCUT2D eigenvalue weighted by Gasteiger charge is 2.18. The lowest BCUT2D eigenvalue weighted by Gasteiger charge is -2.12. The largest absolute Gasteiger partial charge is 0.349 e. The summed E-state index contributed by atoms with van der Waals surface area (Å²) in [4.78, 5) is 22.2. The number of nitro groups is 1. The van der Waals surface area contributed by atoms with Gasteiger partial charge in [-0.1, -0.05) is 0 Å². The summed E-state index contributed by atoms with van der Waals surface area (Å²) in [6.07, 6.45) is 1.54. The lowest BCUT2D eigenvalue weighted by Crippen LogP contribution is -2.36. The van der Waals surface area contributed by atoms with Gasteiger partial charge in [0.05, 0.1) is 4.92 Å². The number of nitrogens with one attached hydrogen (secondary N) is 2. The Hall–Kier alpha value is -2.00. The fourth-order valence-corrected chi connectivity index (χ4v) is 2.43. The van der Waals surface area contributed by atoms with E-state index < -0.39 is 21.6 Å². The van der Waals surface area contributed by atoms with Crippen LogP contribution in [0.5, 0.6) is 0 Å². The number of nitrogens with zero attached hydrogens (tertiary/aromatic N) is 1. The van der Waals surface area contributed by atoms with Crippen LogP contribution in [-0.4, -0.2) is 33.1 Å². The number of hydrogen-bond acceptors (Lipinski definition) is 6. The number of anilines is 1. The number of nitro benzene ring substituents is 1. The molecule has 0 saturated carbocycles. The number of nitrogen functional groups attached to an aromatic ring is 1. The summed E-state index contributed by atoms with van der Waals surface area (Å²) in [5.74, 6) is 5.01. The predicted octanol–water partition coefficient (Wildman–Crippen LogP) is 0.377. The summed E-state index contributed by atoms with van der Waals surface area (Å²) in [6, 6.07) is 3.63. The van der Waals surface area contributed by atoms with Crippen LogP contribution in [0, 0.1) is 10.1 Å². The maximum atomic E-state index is 11.9. The number of nitrogens with two attached hydrogens (primary N) is 1. The van der Waals surface area contributed by atoms with E-state index in [1.165, 1.54) is 18.4 Å². The Morgan fingerprint density at radius 3 is 2.70 bits per heavy atom. The minimum absolute atomic E-state index is 0.120. The maximum Gasteiger partial charge on any atom is 0.294 e. The van der Waals surface area contributed by atoms with Crippen molar-refractivity contribution in [3.05, 3.63) is 33.9 Å². The highest BCUT2D eigenvalue weighted by atomic mass is 32.2. The second-order valence-electron chi connectivity index (χ2n) is 4.25. The molecule has 8 nitrogen and oxygen atoms in total. The first kappa shape index (κ1) is 16.1. The topological polar surface area (TPSA) is 127 Å². The van der Waals surface area contributed by atoms with Gasteiger partial charge in [0.15, 0.2) is 0 Å². The van der Waals surface area contributed by atoms with Gasteiger partial charge in [-0.05, 0) is 19.1 Å². The SMILES string of the molecule is CC(CS(C)=O)NC(=O)c1ccc(NN)c([N+](=O)[O-])c1. The van der Waals surface area contributed by atoms with Gasteiger partial charge in [-0.2, -0.15) is 0 Å². The first-order valence-corrected chi connectivity index (χ1v) is 7.43. The monoisotopic (exact) mass is 300 g/mol. The number of carbonyl (C=O) groups is 1. The Bertz CT molecular complexity index is 549. The smallest absolute Gasteiger partial charge is 0.294 e. The zero-order valence-corrected chi connectivity index (χ0v) is 11.9. The first-order chi connectivity index (χ1) is 9.35. The highest BCUT2D eigenvalue weighted by Crippen LogP contribution is 2.24. The average molecular weight is 300 g/mol. The molecular formula is C11H16N4O4S. The first-order valence-electron chi connectivity index (χ1n) is 5.71. The van der Waals surface area contributed by atoms with Crippen molar-refractivity contribution in [3.63, 3.8) is 0 Å². The molecule has 0 radical (unpaired) electrons. The van der Waals surface area contributed by atoms with E-state index in [-0.39, 0.29) is 23.0 Å². The number of benzene rings is 1. The van der Waals surface area contributed by atoms with Crippen molar-refractivity contribution in [1.82, 2.24) is 5.32 Å². The molecule has 0 aliphatic carbocycles. The highest BCUT2D eigenvalue weighted by molar-refractivity contribution is 7.84. The van der Waals surface area contributed by atoms with Crippen LogP contribution < -0.4 is 16.6 Å². The van der Waals surface area contributed by atoms with Gasteiger partial charge in [0, 0.05) is 40.5 Å². The van der Waals surface area contributed by atoms with E-state index in [9.17, 15) is 19.1 Å². The molecule has 2 atom stereocenters. The summed E-state index contributed by atoms with van der Waals surface area (Å²) < 4.78 is 11.0. The third-order valence-corrected chi connectivity index (χ3v) is 3.44. The molecule has 4 N–H and O–H groups in total. The molecule has 20 heavy (non-hydrogen) atoms. The van der Waals surface area contributed by atoms with Crippen molar-refractivity contribution in [2.75, 3.05) is 17.4 Å². The van der Waals surface area contributed by atoms with Crippen molar-refractivity contribution in [2.45, 2.75) is 13.0 Å². The molecule has 0 heterocycles. The minimum atomic E-state index is -1.03. The van der Waals surface area contributed by atoms with Gasteiger partial charge in [-0.15, -0.1) is 0 Å². The van der Waals surface area contributed by atoms with Crippen LogP contribution in [0.4, 0.5) is 11.4 Å². The van der Waals surface area contributed by atoms with Gasteiger partial charge in [-0.3, -0.25) is 25.0 Å². The summed E-state index contributed by atoms with van der Waals surface area (Å²) in [7, 11) is -1.03. The zero-order chi connectivity index (χ0) is 15.3. The quantitative estimate of drug-likeness (QED) is 0.396. The number of hydrogen-bond donors (Lipinski definition) is 3. The number of rotatable bonds is 6. The lowest BCUT2D eigenvalue weighted by molar-refractivity contribution is -0.384. The number of carbonyl (C=O) groups excluding carboxylic acids is 1. The molecule has 1 amide bonds. The molecule has 1 aromatic carbocycles. The van der Waals surface area contributed by atoms with Gasteiger partial charge in [0.1, 0.15) is 5.69 Å². The predicted molar refractivity (Wildman–Crippen MR) is 76.8 cm³/mol. The summed E-state index contributed by atoms with van der Waals surface area (Å²) in [5.41, 5.74) is 2.17. The van der Waals surface area contributed by atoms with E-state index in [1.54, 1.807) is 6.92 Å². The van der Waals surface area contributed by atoms with Gasteiger partial charge >= 0.3 is 0 Å². The molecule has 0 aliphatic heterocycles. The molecule has 0 fully saturated rings. The van der Waals surface area contributed by atoms with E-state index in [1.807, 2.05) is 0 Å². The van der Waals surface area contributed by atoms with Crippen LogP contribution in [0.25, 0.3) is 0 Å². The average Bonchev–Trinajstić information content (AvgIpc) is 2.36. The molecule has 0 spiro atoms. The fraction of sp³-hybridized carbons (Fsp3) is 0.364. The molecule has 0 bridgehead atoms. The Kier molecular flexibility index (Phi) is 5.59. The molecule has 1 rings (SSSR count). The zero-order valence-electron chi connectivity index (χ0n) is 11.1. The molecule has 110 valence electrons. The summed E-state index contributed by atoms with van der Waals surface area (Å²) >= 11 is 0. The molecule has 1 aromatic rings. The Labute approximate surface area is 118 Å². The second-order valence-corrected chi connectivity index (χ2v) is 5.73. The van der Waals surface area contributed by atoms with Gasteiger partial charge in [0.2, 0.25) is 0 Å². The van der Waals surface area contributed by atoms with Gasteiger partial charge < -0.3 is 10.7 Å². The van der Waals surface area contributed by atoms with E-state index >= 15 is 0 Å². The molecule has 2 unspecified atom stereocenters. The summed E-state index contributed by atoms with van der Waals surface area (Å²) in [5, 5.41) is 13.5. The summed E-state index contributed by atoms with van der Waals surface area (Å²) in [6.45, 7) is 1.71. The van der Waals surface area contributed by atoms with Crippen LogP contribution in [0.2, 0.25) is 0 Å². The molecule has 0 aliphatic rings. The Morgan fingerprint density at radius 2 is 2.20 bits per heavy atom. The second kappa shape index (κ2) is 6.96. The van der Waals surface area contributed by atoms with Crippen molar-refractivity contribution in [3.8, 4) is 0 Å². The van der Waals surface area contributed by atoms with Crippen molar-refractivity contribution in [1.29, 1.82) is 0 Å². The molecule has 0 aromatic heterocycles.